The minimum atomic E-state index is -0.238. The molecule has 0 fully saturated rings. The SMILES string of the molecule is CC(C)(C)c1cc(N2[CH-]N(c3[c-]c(Oc4[c-]c5c(cc4)c4ccccc4n5-c4cc(C(C)(C)C)ccn4)cc(-c4ccccc4)c3)c3ccc(C(C)(C)C)cc32)cc(C(C)(C)c2ccccc2)c1.[CH3-].[Pt+4]. The van der Waals surface area contributed by atoms with Crippen LogP contribution in [0.3, 0.4) is 0 Å². The van der Waals surface area contributed by atoms with Crippen LogP contribution in [-0.2, 0) is 42.7 Å². The Kier molecular flexibility index (Phi) is 13.4. The molecular formula is C64H64N4OPt. The molecule has 1 aliphatic rings. The second-order valence-corrected chi connectivity index (χ2v) is 22.0. The first kappa shape index (κ1) is 50.0. The van der Waals surface area contributed by atoms with Crippen LogP contribution in [0.2, 0.25) is 0 Å². The van der Waals surface area contributed by atoms with E-state index in [2.05, 4.69) is 261 Å². The molecule has 0 unspecified atom stereocenters. The molecule has 3 heterocycles. The van der Waals surface area contributed by atoms with Crippen LogP contribution in [-0.4, -0.2) is 9.55 Å². The Hall–Kier alpha value is -6.42. The van der Waals surface area contributed by atoms with E-state index in [1.54, 1.807) is 0 Å². The molecule has 0 spiro atoms. The number of hydrogen-bond donors (Lipinski definition) is 0. The van der Waals surface area contributed by atoms with Gasteiger partial charge in [0.1, 0.15) is 5.82 Å². The van der Waals surface area contributed by atoms with E-state index in [1.807, 2.05) is 12.3 Å². The van der Waals surface area contributed by atoms with Gasteiger partial charge in [0.25, 0.3) is 0 Å². The maximum atomic E-state index is 6.93. The van der Waals surface area contributed by atoms with Gasteiger partial charge in [-0.1, -0.05) is 173 Å². The fourth-order valence-electron chi connectivity index (χ4n) is 9.40. The average molecular weight is 1100 g/mol. The minimum Gasteiger partial charge on any atom is -0.509 e. The van der Waals surface area contributed by atoms with Crippen LogP contribution in [0.15, 0.2) is 164 Å². The zero-order valence-electron chi connectivity index (χ0n) is 42.7. The maximum absolute atomic E-state index is 6.93. The number of aromatic nitrogens is 2. The van der Waals surface area contributed by atoms with Gasteiger partial charge in [0.2, 0.25) is 0 Å². The number of nitrogens with zero attached hydrogens (tertiary/aromatic N) is 4. The van der Waals surface area contributed by atoms with Crippen LogP contribution in [0.1, 0.15) is 104 Å². The van der Waals surface area contributed by atoms with Gasteiger partial charge in [-0.3, -0.25) is 0 Å². The molecule has 0 saturated carbocycles. The fourth-order valence-corrected chi connectivity index (χ4v) is 9.40. The first-order chi connectivity index (χ1) is 32.3. The Morgan fingerprint density at radius 3 is 1.83 bits per heavy atom. The molecule has 0 amide bonds. The van der Waals surface area contributed by atoms with Gasteiger partial charge < -0.3 is 26.5 Å². The van der Waals surface area contributed by atoms with Crippen molar-refractivity contribution >= 4 is 44.6 Å². The predicted molar refractivity (Wildman–Crippen MR) is 291 cm³/mol. The maximum Gasteiger partial charge on any atom is 4.00 e. The summed E-state index contributed by atoms with van der Waals surface area (Å²) in [4.78, 5) is 9.55. The number of hydrogen-bond acceptors (Lipinski definition) is 4. The van der Waals surface area contributed by atoms with Gasteiger partial charge in [0.15, 0.2) is 0 Å². The topological polar surface area (TPSA) is 33.5 Å². The van der Waals surface area contributed by atoms with Crippen molar-refractivity contribution in [1.29, 1.82) is 0 Å². The molecule has 0 atom stereocenters. The summed E-state index contributed by atoms with van der Waals surface area (Å²) in [6, 6.07) is 64.1. The van der Waals surface area contributed by atoms with Crippen molar-refractivity contribution in [3.8, 4) is 28.4 Å². The van der Waals surface area contributed by atoms with Crippen LogP contribution >= 0.6 is 0 Å². The molecule has 0 radical (unpaired) electrons. The molecular weight excluding hydrogens is 1040 g/mol. The molecule has 7 aromatic carbocycles. The van der Waals surface area contributed by atoms with Crippen LogP contribution in [0.25, 0.3) is 38.8 Å². The molecule has 0 saturated heterocycles. The van der Waals surface area contributed by atoms with Crippen molar-refractivity contribution in [3.63, 3.8) is 0 Å². The van der Waals surface area contributed by atoms with E-state index < -0.39 is 0 Å². The molecule has 6 heteroatoms. The Balaban J connectivity index is 0.00000329. The molecule has 1 aliphatic heterocycles. The van der Waals surface area contributed by atoms with E-state index >= 15 is 0 Å². The third-order valence-corrected chi connectivity index (χ3v) is 13.7. The predicted octanol–water partition coefficient (Wildman–Crippen LogP) is 17.3. The number of ether oxygens (including phenoxy) is 1. The number of fused-ring (bicyclic) bond motifs is 4. The quantitative estimate of drug-likeness (QED) is 0.142. The van der Waals surface area contributed by atoms with E-state index in [4.69, 9.17) is 9.72 Å². The summed E-state index contributed by atoms with van der Waals surface area (Å²) in [5, 5.41) is 2.22. The second-order valence-electron chi connectivity index (χ2n) is 22.0. The Morgan fingerprint density at radius 1 is 0.486 bits per heavy atom. The van der Waals surface area contributed by atoms with Gasteiger partial charge >= 0.3 is 21.1 Å². The van der Waals surface area contributed by atoms with E-state index in [0.29, 0.717) is 11.5 Å². The van der Waals surface area contributed by atoms with Crippen molar-refractivity contribution in [2.24, 2.45) is 0 Å². The van der Waals surface area contributed by atoms with Crippen molar-refractivity contribution in [2.75, 3.05) is 9.80 Å². The Labute approximate surface area is 431 Å². The van der Waals surface area contributed by atoms with E-state index in [0.717, 1.165) is 61.5 Å². The minimum absolute atomic E-state index is 0. The van der Waals surface area contributed by atoms with Crippen molar-refractivity contribution in [2.45, 2.75) is 97.8 Å². The summed E-state index contributed by atoms with van der Waals surface area (Å²) < 4.78 is 9.13. The zero-order valence-corrected chi connectivity index (χ0v) is 45.0. The number of anilines is 4. The summed E-state index contributed by atoms with van der Waals surface area (Å²) in [7, 11) is 0. The van der Waals surface area contributed by atoms with Crippen LogP contribution in [0.4, 0.5) is 22.7 Å². The molecule has 2 aromatic heterocycles. The number of pyridine rings is 1. The van der Waals surface area contributed by atoms with Gasteiger partial charge in [0, 0.05) is 45.7 Å². The van der Waals surface area contributed by atoms with Gasteiger partial charge in [-0.15, -0.1) is 53.6 Å². The summed E-state index contributed by atoms with van der Waals surface area (Å²) in [5.74, 6) is 2.03. The van der Waals surface area contributed by atoms with Crippen LogP contribution < -0.4 is 14.5 Å². The summed E-state index contributed by atoms with van der Waals surface area (Å²) in [5.41, 5.74) is 14.1. The Bertz CT molecular complexity index is 3330. The van der Waals surface area contributed by atoms with Crippen molar-refractivity contribution in [1.82, 2.24) is 9.55 Å². The molecule has 9 aromatic rings. The van der Waals surface area contributed by atoms with E-state index in [1.165, 1.54) is 27.8 Å². The molecule has 0 aliphatic carbocycles. The Morgan fingerprint density at radius 2 is 1.13 bits per heavy atom. The largest absolute Gasteiger partial charge is 4.00 e. The zero-order chi connectivity index (χ0) is 47.8. The first-order valence-electron chi connectivity index (χ1n) is 23.9. The number of para-hydroxylation sites is 1. The van der Waals surface area contributed by atoms with E-state index in [-0.39, 0.29) is 50.2 Å². The van der Waals surface area contributed by atoms with Crippen LogP contribution in [0, 0.1) is 26.2 Å². The monoisotopic (exact) mass is 1100 g/mol. The van der Waals surface area contributed by atoms with Gasteiger partial charge in [-0.05, 0) is 97.5 Å². The summed E-state index contributed by atoms with van der Waals surface area (Å²) in [6.07, 6.45) is 1.91. The van der Waals surface area contributed by atoms with Gasteiger partial charge in [0.05, 0.1) is 0 Å². The normalized spacial score (nSPS) is 13.0. The summed E-state index contributed by atoms with van der Waals surface area (Å²) in [6.45, 7) is 27.4. The second kappa shape index (κ2) is 18.7. The third-order valence-electron chi connectivity index (χ3n) is 13.7. The third kappa shape index (κ3) is 9.46. The molecule has 0 bridgehead atoms. The summed E-state index contributed by atoms with van der Waals surface area (Å²) >= 11 is 0. The van der Waals surface area contributed by atoms with Gasteiger partial charge in [-0.25, -0.2) is 4.98 Å². The molecule has 356 valence electrons. The average Bonchev–Trinajstić information content (AvgIpc) is 3.87. The number of benzene rings is 7. The first-order valence-corrected chi connectivity index (χ1v) is 23.9. The van der Waals surface area contributed by atoms with Gasteiger partial charge in [-0.2, -0.15) is 6.07 Å². The molecule has 5 nitrogen and oxygen atoms in total. The van der Waals surface area contributed by atoms with E-state index in [9.17, 15) is 0 Å². The molecule has 0 N–H and O–H groups in total. The van der Waals surface area contributed by atoms with Crippen molar-refractivity contribution in [3.05, 3.63) is 218 Å². The standard InChI is InChI=1S/C63H61N4O.CH3.Pt/c1-60(2,3)45-26-29-56-58(37-45)66(50-35-47(62(7,8)9)34-48(36-50)63(10,11)44-22-16-13-17-23-44)41-65(56)49-32-43(42-20-14-12-15-21-42)33-52(39-49)68-51-27-28-54-53-24-18-19-25-55(53)67(57(54)40-51)59-38-46(30-31-64-59)61(4,5)6;;/h12-38,41H,1-11H3;1H3;/q-3;-1;+4. The smallest absolute Gasteiger partial charge is 0.509 e. The molecule has 70 heavy (non-hydrogen) atoms. The molecule has 10 rings (SSSR count). The van der Waals surface area contributed by atoms with Crippen LogP contribution in [0.5, 0.6) is 11.5 Å². The van der Waals surface area contributed by atoms with Crippen molar-refractivity contribution < 1.29 is 25.8 Å². The fraction of sp³-hybridized carbons (Fsp3) is 0.234. The number of rotatable bonds is 8.